The van der Waals surface area contributed by atoms with Gasteiger partial charge in [-0.2, -0.15) is 17.6 Å². The Morgan fingerprint density at radius 1 is 1.14 bits per heavy atom. The Balaban J connectivity index is 3.17. The number of hydrogen-bond donors (Lipinski definition) is 0. The smallest absolute Gasteiger partial charge is 0.290 e. The number of halogens is 5. The van der Waals surface area contributed by atoms with Gasteiger partial charge in [-0.3, -0.25) is 9.36 Å². The minimum atomic E-state index is -4.42. The quantitative estimate of drug-likeness (QED) is 0.599. The number of pyridine rings is 1. The van der Waals surface area contributed by atoms with Gasteiger partial charge in [0.25, 0.3) is 0 Å². The van der Waals surface area contributed by atoms with E-state index >= 15 is 0 Å². The third kappa shape index (κ3) is 1.97. The maximum absolute atomic E-state index is 12.9. The molecule has 0 aromatic carbocycles. The fourth-order valence-corrected chi connectivity index (χ4v) is 0.951. The van der Waals surface area contributed by atoms with E-state index in [0.29, 0.717) is 12.4 Å². The maximum atomic E-state index is 12.9. The van der Waals surface area contributed by atoms with Crippen LogP contribution in [0.5, 0.6) is 0 Å². The van der Waals surface area contributed by atoms with Gasteiger partial charge in [0.2, 0.25) is 0 Å². The zero-order chi connectivity index (χ0) is 11.0. The van der Waals surface area contributed by atoms with E-state index in [1.165, 1.54) is 0 Å². The van der Waals surface area contributed by atoms with Crippen LogP contribution in [0.15, 0.2) is 29.3 Å². The van der Waals surface area contributed by atoms with Gasteiger partial charge < -0.3 is 0 Å². The van der Waals surface area contributed by atoms with Crippen LogP contribution in [-0.2, 0) is 6.05 Å². The highest BCUT2D eigenvalue weighted by Gasteiger charge is 2.55. The van der Waals surface area contributed by atoms with Crippen LogP contribution in [0.25, 0.3) is 0 Å². The molecule has 0 N–H and O–H groups in total. The predicted octanol–water partition coefficient (Wildman–Crippen LogP) is 2.39. The molecule has 14 heavy (non-hydrogen) atoms. The Morgan fingerprint density at radius 2 is 1.57 bits per heavy atom. The summed E-state index contributed by atoms with van der Waals surface area (Å²) in [6.07, 6.45) is 1.19. The molecular formula is C7H4BrF4NO. The lowest BCUT2D eigenvalue weighted by Gasteiger charge is -2.23. The van der Waals surface area contributed by atoms with Crippen LogP contribution in [0.3, 0.4) is 0 Å². The minimum absolute atomic E-state index is 0.0385. The second-order valence-electron chi connectivity index (χ2n) is 2.48. The number of rotatable bonds is 2. The van der Waals surface area contributed by atoms with Crippen molar-refractivity contribution >= 4 is 15.9 Å². The molecule has 1 aromatic rings. The molecule has 1 aromatic heterocycles. The minimum Gasteiger partial charge on any atom is -0.290 e. The summed E-state index contributed by atoms with van der Waals surface area (Å²) >= 11 is 1.57. The first-order chi connectivity index (χ1) is 6.25. The molecular weight excluding hydrogens is 270 g/mol. The fraction of sp³-hybridized carbons (Fsp3) is 0.286. The topological polar surface area (TPSA) is 22.0 Å². The van der Waals surface area contributed by atoms with Gasteiger partial charge in [-0.25, -0.2) is 0 Å². The predicted molar refractivity (Wildman–Crippen MR) is 44.8 cm³/mol. The normalized spacial score (nSPS) is 12.9. The lowest BCUT2D eigenvalue weighted by atomic mass is 10.4. The number of alkyl halides is 5. The van der Waals surface area contributed by atoms with Crippen LogP contribution in [-0.4, -0.2) is 9.40 Å². The summed E-state index contributed by atoms with van der Waals surface area (Å²) in [6, 6.07) is -2.88. The highest BCUT2D eigenvalue weighted by atomic mass is 79.9. The largest absolute Gasteiger partial charge is 0.402 e. The van der Waals surface area contributed by atoms with Crippen molar-refractivity contribution in [2.45, 2.75) is 10.9 Å². The highest BCUT2D eigenvalue weighted by molar-refractivity contribution is 9.10. The van der Waals surface area contributed by atoms with Crippen LogP contribution in [0.4, 0.5) is 17.6 Å². The third-order valence-electron chi connectivity index (χ3n) is 1.46. The van der Waals surface area contributed by atoms with Crippen molar-refractivity contribution in [3.8, 4) is 0 Å². The summed E-state index contributed by atoms with van der Waals surface area (Å²) in [5.74, 6) is 0. The van der Waals surface area contributed by atoms with E-state index < -0.39 is 16.3 Å². The van der Waals surface area contributed by atoms with Crippen molar-refractivity contribution in [2.75, 3.05) is 0 Å². The van der Waals surface area contributed by atoms with Gasteiger partial charge in [0.05, 0.1) is 0 Å². The van der Waals surface area contributed by atoms with Crippen molar-refractivity contribution in [3.05, 3.63) is 34.7 Å². The summed E-state index contributed by atoms with van der Waals surface area (Å²) in [7, 11) is 0. The van der Waals surface area contributed by atoms with Crippen LogP contribution < -0.4 is 5.43 Å². The van der Waals surface area contributed by atoms with Gasteiger partial charge in [0.1, 0.15) is 0 Å². The molecule has 1 heterocycles. The van der Waals surface area contributed by atoms with E-state index in [9.17, 15) is 22.4 Å². The first kappa shape index (κ1) is 11.2. The number of nitrogens with zero attached hydrogens (tertiary/aromatic N) is 1. The lowest BCUT2D eigenvalue weighted by molar-refractivity contribution is -0.206. The van der Waals surface area contributed by atoms with E-state index in [2.05, 4.69) is 0 Å². The zero-order valence-electron chi connectivity index (χ0n) is 6.55. The van der Waals surface area contributed by atoms with Gasteiger partial charge in [-0.05, 0) is 15.9 Å². The second-order valence-corrected chi connectivity index (χ2v) is 3.48. The average molecular weight is 274 g/mol. The van der Waals surface area contributed by atoms with Crippen LogP contribution in [0, 0.1) is 0 Å². The SMILES string of the molecule is O=c1ccn(C(F)(F)C(F)(F)Br)cc1. The standard InChI is InChI=1S/C7H4BrF4NO/c8-6(9,10)7(11,12)13-3-1-5(14)2-4-13/h1-4H. The second kappa shape index (κ2) is 3.38. The first-order valence-electron chi connectivity index (χ1n) is 3.38. The third-order valence-corrected chi connectivity index (χ3v) is 1.94. The molecule has 0 aliphatic carbocycles. The summed E-state index contributed by atoms with van der Waals surface area (Å²) in [5, 5.41) is 0. The number of aromatic nitrogens is 1. The lowest BCUT2D eigenvalue weighted by Crippen LogP contribution is -2.38. The van der Waals surface area contributed by atoms with Gasteiger partial charge in [-0.15, -0.1) is 0 Å². The molecule has 78 valence electrons. The van der Waals surface area contributed by atoms with Crippen molar-refractivity contribution < 1.29 is 17.6 Å². The molecule has 0 saturated carbocycles. The molecule has 0 aliphatic heterocycles. The maximum Gasteiger partial charge on any atom is 0.402 e. The summed E-state index contributed by atoms with van der Waals surface area (Å²) in [6.45, 7) is 0. The Labute approximate surface area is 84.3 Å². The molecule has 0 radical (unpaired) electrons. The van der Waals surface area contributed by atoms with Gasteiger partial charge in [0, 0.05) is 24.5 Å². The van der Waals surface area contributed by atoms with Crippen molar-refractivity contribution in [2.24, 2.45) is 0 Å². The van der Waals surface area contributed by atoms with E-state index in [4.69, 9.17) is 0 Å². The fourth-order valence-electron chi connectivity index (χ4n) is 0.746. The van der Waals surface area contributed by atoms with Crippen molar-refractivity contribution in [1.29, 1.82) is 0 Å². The highest BCUT2D eigenvalue weighted by Crippen LogP contribution is 2.42. The molecule has 0 aliphatic rings. The Hall–Kier alpha value is -0.850. The first-order valence-corrected chi connectivity index (χ1v) is 4.18. The van der Waals surface area contributed by atoms with Gasteiger partial charge >= 0.3 is 10.9 Å². The molecule has 7 heteroatoms. The molecule has 2 nitrogen and oxygen atoms in total. The molecule has 0 saturated heterocycles. The summed E-state index contributed by atoms with van der Waals surface area (Å²) in [5.41, 5.74) is -0.532. The molecule has 0 atom stereocenters. The average Bonchev–Trinajstić information content (AvgIpc) is 2.03. The van der Waals surface area contributed by atoms with E-state index in [-0.39, 0.29) is 4.57 Å². The Bertz CT molecular complexity index is 364. The van der Waals surface area contributed by atoms with E-state index in [1.54, 1.807) is 15.9 Å². The summed E-state index contributed by atoms with van der Waals surface area (Å²) in [4.78, 5) is 6.17. The van der Waals surface area contributed by atoms with Crippen LogP contribution in [0.1, 0.15) is 0 Å². The zero-order valence-corrected chi connectivity index (χ0v) is 8.14. The Kier molecular flexibility index (Phi) is 2.71. The monoisotopic (exact) mass is 273 g/mol. The summed E-state index contributed by atoms with van der Waals surface area (Å²) < 4.78 is 50.4. The van der Waals surface area contributed by atoms with Crippen LogP contribution in [0.2, 0.25) is 0 Å². The number of hydrogen-bond acceptors (Lipinski definition) is 1. The molecule has 0 spiro atoms. The Morgan fingerprint density at radius 3 is 1.93 bits per heavy atom. The molecule has 0 fully saturated rings. The van der Waals surface area contributed by atoms with E-state index in [1.807, 2.05) is 0 Å². The molecule has 1 rings (SSSR count). The van der Waals surface area contributed by atoms with Crippen LogP contribution >= 0.6 is 15.9 Å². The van der Waals surface area contributed by atoms with E-state index in [0.717, 1.165) is 12.1 Å². The van der Waals surface area contributed by atoms with Gasteiger partial charge in [-0.1, -0.05) is 0 Å². The molecule has 0 bridgehead atoms. The van der Waals surface area contributed by atoms with Gasteiger partial charge in [0.15, 0.2) is 5.43 Å². The molecule has 0 unspecified atom stereocenters. The van der Waals surface area contributed by atoms with Crippen molar-refractivity contribution in [1.82, 2.24) is 4.57 Å². The van der Waals surface area contributed by atoms with Crippen molar-refractivity contribution in [3.63, 3.8) is 0 Å². The molecule has 0 amide bonds.